The van der Waals surface area contributed by atoms with Crippen molar-refractivity contribution < 1.29 is 4.52 Å². The fraction of sp³-hybridized carbons (Fsp3) is 0.125. The van der Waals surface area contributed by atoms with Gasteiger partial charge in [-0.25, -0.2) is 4.98 Å². The maximum atomic E-state index is 4.62. The molecule has 3 aromatic rings. The molecule has 0 bridgehead atoms. The monoisotopic (exact) mass is 217 g/mol. The summed E-state index contributed by atoms with van der Waals surface area (Å²) in [5.74, 6) is 1.19. The van der Waals surface area contributed by atoms with Gasteiger partial charge in [0, 0.05) is 12.4 Å². The first-order valence-corrected chi connectivity index (χ1v) is 4.57. The summed E-state index contributed by atoms with van der Waals surface area (Å²) in [5.41, 5.74) is 0.658. The Hall–Kier alpha value is -2.51. The molecule has 0 fully saturated rings. The predicted molar refractivity (Wildman–Crippen MR) is 52.4 cm³/mol. The van der Waals surface area contributed by atoms with E-state index in [1.165, 1.54) is 6.39 Å². The molecule has 16 heavy (non-hydrogen) atoms. The third-order valence-electron chi connectivity index (χ3n) is 2.04. The number of rotatable bonds is 3. The van der Waals surface area contributed by atoms with Crippen molar-refractivity contribution >= 4 is 11.5 Å². The standard InChI is InChI=1S/C8H7N7O/c1-2-15-4-12-13-8(15)7(9-1)10-3-6-11-5-16-14-6/h1-2,4-5H,3H2,(H,9,10). The minimum atomic E-state index is 0.427. The third-order valence-corrected chi connectivity index (χ3v) is 2.04. The SMILES string of the molecule is c1cn2cnnc2c(NCc2ncon2)n1. The normalized spacial score (nSPS) is 10.8. The van der Waals surface area contributed by atoms with Gasteiger partial charge < -0.3 is 9.84 Å². The zero-order valence-electron chi connectivity index (χ0n) is 8.11. The lowest BCUT2D eigenvalue weighted by Gasteiger charge is -2.02. The molecule has 8 heteroatoms. The Balaban J connectivity index is 1.86. The fourth-order valence-corrected chi connectivity index (χ4v) is 1.32. The summed E-state index contributed by atoms with van der Waals surface area (Å²) in [6.45, 7) is 0.427. The van der Waals surface area contributed by atoms with Crippen molar-refractivity contribution in [2.24, 2.45) is 0 Å². The molecule has 0 aliphatic carbocycles. The Kier molecular flexibility index (Phi) is 1.96. The molecule has 80 valence electrons. The van der Waals surface area contributed by atoms with Gasteiger partial charge in [0.1, 0.15) is 6.33 Å². The van der Waals surface area contributed by atoms with Gasteiger partial charge in [-0.05, 0) is 0 Å². The molecule has 1 N–H and O–H groups in total. The molecule has 0 unspecified atom stereocenters. The molecular formula is C8H7N7O. The molecule has 0 atom stereocenters. The average Bonchev–Trinajstić information content (AvgIpc) is 2.97. The van der Waals surface area contributed by atoms with Crippen LogP contribution in [-0.2, 0) is 6.54 Å². The van der Waals surface area contributed by atoms with Crippen molar-refractivity contribution in [2.45, 2.75) is 6.54 Å². The van der Waals surface area contributed by atoms with E-state index in [4.69, 9.17) is 0 Å². The Morgan fingerprint density at radius 1 is 1.38 bits per heavy atom. The number of hydrogen-bond donors (Lipinski definition) is 1. The highest BCUT2D eigenvalue weighted by atomic mass is 16.5. The minimum Gasteiger partial charge on any atom is -0.359 e. The van der Waals surface area contributed by atoms with Gasteiger partial charge >= 0.3 is 0 Å². The zero-order valence-corrected chi connectivity index (χ0v) is 8.11. The van der Waals surface area contributed by atoms with Crippen LogP contribution in [0, 0.1) is 0 Å². The van der Waals surface area contributed by atoms with E-state index in [1.807, 2.05) is 0 Å². The number of nitrogens with one attached hydrogen (secondary N) is 1. The first-order valence-electron chi connectivity index (χ1n) is 4.57. The van der Waals surface area contributed by atoms with Gasteiger partial charge in [0.2, 0.25) is 12.0 Å². The summed E-state index contributed by atoms with van der Waals surface area (Å²) in [6.07, 6.45) is 6.32. The Bertz CT molecular complexity index is 587. The van der Waals surface area contributed by atoms with Gasteiger partial charge in [0.05, 0.1) is 6.54 Å². The van der Waals surface area contributed by atoms with Crippen molar-refractivity contribution in [3.63, 3.8) is 0 Å². The molecule has 3 aromatic heterocycles. The third kappa shape index (κ3) is 1.45. The van der Waals surface area contributed by atoms with Crippen LogP contribution in [0.15, 0.2) is 29.6 Å². The highest BCUT2D eigenvalue weighted by Crippen LogP contribution is 2.10. The predicted octanol–water partition coefficient (Wildman–Crippen LogP) is 0.119. The lowest BCUT2D eigenvalue weighted by molar-refractivity contribution is 0.411. The van der Waals surface area contributed by atoms with E-state index >= 15 is 0 Å². The Labute approximate surface area is 89.3 Å². The second kappa shape index (κ2) is 3.57. The van der Waals surface area contributed by atoms with Crippen molar-refractivity contribution in [3.05, 3.63) is 30.9 Å². The summed E-state index contributed by atoms with van der Waals surface area (Å²) < 4.78 is 6.39. The molecule has 0 aromatic carbocycles. The van der Waals surface area contributed by atoms with Crippen LogP contribution in [0.4, 0.5) is 5.82 Å². The molecule has 0 saturated heterocycles. The van der Waals surface area contributed by atoms with Crippen molar-refractivity contribution in [1.29, 1.82) is 0 Å². The summed E-state index contributed by atoms with van der Waals surface area (Å²) in [6, 6.07) is 0. The molecule has 0 aliphatic rings. The van der Waals surface area contributed by atoms with Crippen LogP contribution in [-0.4, -0.2) is 29.7 Å². The van der Waals surface area contributed by atoms with E-state index in [0.29, 0.717) is 23.8 Å². The number of aromatic nitrogens is 6. The first kappa shape index (κ1) is 8.77. The quantitative estimate of drug-likeness (QED) is 0.665. The van der Waals surface area contributed by atoms with E-state index in [9.17, 15) is 0 Å². The zero-order chi connectivity index (χ0) is 10.8. The topological polar surface area (TPSA) is 94.0 Å². The van der Waals surface area contributed by atoms with Gasteiger partial charge in [0.15, 0.2) is 11.6 Å². The summed E-state index contributed by atoms with van der Waals surface area (Å²) in [7, 11) is 0. The smallest absolute Gasteiger partial charge is 0.213 e. The van der Waals surface area contributed by atoms with E-state index in [0.717, 1.165) is 0 Å². The molecule has 0 aliphatic heterocycles. The van der Waals surface area contributed by atoms with Crippen molar-refractivity contribution in [3.8, 4) is 0 Å². The second-order valence-corrected chi connectivity index (χ2v) is 3.04. The van der Waals surface area contributed by atoms with Gasteiger partial charge in [0.25, 0.3) is 0 Å². The fourth-order valence-electron chi connectivity index (χ4n) is 1.32. The van der Waals surface area contributed by atoms with Crippen LogP contribution in [0.3, 0.4) is 0 Å². The molecule has 0 spiro atoms. The average molecular weight is 217 g/mol. The molecule has 8 nitrogen and oxygen atoms in total. The molecule has 0 radical (unpaired) electrons. The Morgan fingerprint density at radius 3 is 3.25 bits per heavy atom. The lowest BCUT2D eigenvalue weighted by atomic mass is 10.5. The molecule has 3 heterocycles. The highest BCUT2D eigenvalue weighted by Gasteiger charge is 2.05. The summed E-state index contributed by atoms with van der Waals surface area (Å²) in [5, 5.41) is 14.5. The van der Waals surface area contributed by atoms with Crippen molar-refractivity contribution in [1.82, 2.24) is 29.7 Å². The maximum absolute atomic E-state index is 4.62. The number of nitrogens with zero attached hydrogens (tertiary/aromatic N) is 6. The molecule has 0 amide bonds. The van der Waals surface area contributed by atoms with Gasteiger partial charge in [-0.2, -0.15) is 4.98 Å². The largest absolute Gasteiger partial charge is 0.359 e. The number of anilines is 1. The second-order valence-electron chi connectivity index (χ2n) is 3.04. The van der Waals surface area contributed by atoms with Gasteiger partial charge in [-0.15, -0.1) is 10.2 Å². The van der Waals surface area contributed by atoms with Crippen LogP contribution >= 0.6 is 0 Å². The summed E-state index contributed by atoms with van der Waals surface area (Å²) >= 11 is 0. The number of hydrogen-bond acceptors (Lipinski definition) is 7. The van der Waals surface area contributed by atoms with E-state index < -0.39 is 0 Å². The minimum absolute atomic E-state index is 0.427. The van der Waals surface area contributed by atoms with Gasteiger partial charge in [-0.3, -0.25) is 4.40 Å². The highest BCUT2D eigenvalue weighted by molar-refractivity contribution is 5.61. The molecular weight excluding hydrogens is 210 g/mol. The van der Waals surface area contributed by atoms with Crippen LogP contribution in [0.5, 0.6) is 0 Å². The first-order chi connectivity index (χ1) is 7.93. The van der Waals surface area contributed by atoms with Crippen LogP contribution in [0.2, 0.25) is 0 Å². The lowest BCUT2D eigenvalue weighted by Crippen LogP contribution is -2.04. The van der Waals surface area contributed by atoms with Crippen molar-refractivity contribution in [2.75, 3.05) is 5.32 Å². The summed E-state index contributed by atoms with van der Waals surface area (Å²) in [4.78, 5) is 8.05. The van der Waals surface area contributed by atoms with E-state index in [-0.39, 0.29) is 0 Å². The molecule has 3 rings (SSSR count). The number of fused-ring (bicyclic) bond motifs is 1. The molecule has 0 saturated carbocycles. The van der Waals surface area contributed by atoms with E-state index in [2.05, 4.69) is 35.2 Å². The van der Waals surface area contributed by atoms with Crippen LogP contribution < -0.4 is 5.32 Å². The van der Waals surface area contributed by atoms with Gasteiger partial charge in [-0.1, -0.05) is 5.16 Å². The van der Waals surface area contributed by atoms with Crippen LogP contribution in [0.25, 0.3) is 5.65 Å². The Morgan fingerprint density at radius 2 is 2.38 bits per heavy atom. The van der Waals surface area contributed by atoms with E-state index in [1.54, 1.807) is 23.1 Å². The maximum Gasteiger partial charge on any atom is 0.213 e. The van der Waals surface area contributed by atoms with Crippen LogP contribution in [0.1, 0.15) is 5.82 Å².